The Kier molecular flexibility index (Phi) is 3.30. The Balaban J connectivity index is 1.75. The molecule has 4 heterocycles. The fourth-order valence-electron chi connectivity index (χ4n) is 6.15. The van der Waals surface area contributed by atoms with Crippen LogP contribution < -0.4 is 4.90 Å². The van der Waals surface area contributed by atoms with Crippen LogP contribution in [-0.2, 0) is 9.53 Å². The van der Waals surface area contributed by atoms with Crippen LogP contribution in [0, 0.1) is 5.41 Å². The van der Waals surface area contributed by atoms with Gasteiger partial charge in [-0.05, 0) is 56.5 Å². The molecule has 2 saturated heterocycles. The lowest BCUT2D eigenvalue weighted by Gasteiger charge is -2.59. The molecule has 4 nitrogen and oxygen atoms in total. The maximum absolute atomic E-state index is 12.7. The van der Waals surface area contributed by atoms with E-state index in [1.165, 1.54) is 50.7 Å². The largest absolute Gasteiger partial charge is 0.464 e. The van der Waals surface area contributed by atoms with Crippen LogP contribution in [0.2, 0.25) is 0 Å². The summed E-state index contributed by atoms with van der Waals surface area (Å²) in [5, 5.41) is 0. The highest BCUT2D eigenvalue weighted by atomic mass is 16.5. The third-order valence-electron chi connectivity index (χ3n) is 7.16. The molecule has 132 valence electrons. The van der Waals surface area contributed by atoms with E-state index in [-0.39, 0.29) is 11.4 Å². The molecule has 25 heavy (non-hydrogen) atoms. The van der Waals surface area contributed by atoms with Crippen molar-refractivity contribution in [2.24, 2.45) is 5.41 Å². The van der Waals surface area contributed by atoms with Crippen molar-refractivity contribution >= 4 is 11.7 Å². The van der Waals surface area contributed by atoms with Crippen LogP contribution in [-0.4, -0.2) is 43.2 Å². The van der Waals surface area contributed by atoms with Gasteiger partial charge in [-0.1, -0.05) is 25.1 Å². The van der Waals surface area contributed by atoms with Crippen molar-refractivity contribution in [1.29, 1.82) is 0 Å². The molecule has 4 aliphatic heterocycles. The number of carbonyl (C=O) groups is 1. The first-order valence-corrected chi connectivity index (χ1v) is 9.63. The first-order chi connectivity index (χ1) is 12.2. The highest BCUT2D eigenvalue weighted by Crippen LogP contribution is 2.58. The Bertz CT molecular complexity index is 758. The molecule has 4 heteroatoms. The summed E-state index contributed by atoms with van der Waals surface area (Å²) in [6.45, 7) is 4.66. The SMILES string of the molecule is CC[C@]12C=C(C(=O)OC)N3c4ccccc4C4CCN(CCC1)[C@H]2C43. The van der Waals surface area contributed by atoms with Crippen LogP contribution in [0.4, 0.5) is 5.69 Å². The molecule has 4 atom stereocenters. The van der Waals surface area contributed by atoms with E-state index in [0.29, 0.717) is 18.0 Å². The predicted octanol–water partition coefficient (Wildman–Crippen LogP) is 3.29. The topological polar surface area (TPSA) is 32.8 Å². The summed E-state index contributed by atoms with van der Waals surface area (Å²) in [7, 11) is 1.50. The van der Waals surface area contributed by atoms with Crippen LogP contribution in [0.3, 0.4) is 0 Å². The molecule has 0 amide bonds. The Morgan fingerprint density at radius 3 is 2.96 bits per heavy atom. The zero-order chi connectivity index (χ0) is 17.2. The summed E-state index contributed by atoms with van der Waals surface area (Å²) in [6.07, 6.45) is 6.94. The Morgan fingerprint density at radius 2 is 2.16 bits per heavy atom. The predicted molar refractivity (Wildman–Crippen MR) is 97.5 cm³/mol. The van der Waals surface area contributed by atoms with E-state index < -0.39 is 0 Å². The highest BCUT2D eigenvalue weighted by Gasteiger charge is 2.59. The molecule has 1 aromatic rings. The van der Waals surface area contributed by atoms with Gasteiger partial charge in [0.15, 0.2) is 0 Å². The number of benzene rings is 1. The fourth-order valence-corrected chi connectivity index (χ4v) is 6.15. The van der Waals surface area contributed by atoms with Gasteiger partial charge in [0.25, 0.3) is 0 Å². The normalized spacial score (nSPS) is 35.7. The molecular weight excluding hydrogens is 312 g/mol. The summed E-state index contributed by atoms with van der Waals surface area (Å²) in [4.78, 5) is 17.7. The Morgan fingerprint density at radius 1 is 1.32 bits per heavy atom. The molecule has 0 N–H and O–H groups in total. The Hall–Kier alpha value is -1.81. The number of nitrogens with zero attached hydrogens (tertiary/aromatic N) is 2. The molecule has 4 aliphatic rings. The molecule has 0 aliphatic carbocycles. The quantitative estimate of drug-likeness (QED) is 0.775. The van der Waals surface area contributed by atoms with Crippen molar-refractivity contribution in [3.05, 3.63) is 41.6 Å². The van der Waals surface area contributed by atoms with Crippen molar-refractivity contribution in [1.82, 2.24) is 4.90 Å². The van der Waals surface area contributed by atoms with Gasteiger partial charge >= 0.3 is 5.97 Å². The highest BCUT2D eigenvalue weighted by molar-refractivity contribution is 5.95. The van der Waals surface area contributed by atoms with Gasteiger partial charge in [0.1, 0.15) is 5.70 Å². The van der Waals surface area contributed by atoms with Gasteiger partial charge in [-0.15, -0.1) is 0 Å². The van der Waals surface area contributed by atoms with Crippen LogP contribution in [0.1, 0.15) is 44.1 Å². The number of piperidine rings is 2. The van der Waals surface area contributed by atoms with Crippen molar-refractivity contribution < 1.29 is 9.53 Å². The number of rotatable bonds is 2. The second kappa shape index (κ2) is 5.34. The van der Waals surface area contributed by atoms with E-state index in [1.807, 2.05) is 0 Å². The Labute approximate surface area is 149 Å². The minimum Gasteiger partial charge on any atom is -0.464 e. The number of anilines is 1. The monoisotopic (exact) mass is 338 g/mol. The number of carbonyl (C=O) groups excluding carboxylic acids is 1. The number of fused-ring (bicyclic) bond motifs is 3. The van der Waals surface area contributed by atoms with Gasteiger partial charge < -0.3 is 9.64 Å². The third kappa shape index (κ3) is 1.89. The molecule has 1 aromatic carbocycles. The first-order valence-electron chi connectivity index (χ1n) is 9.63. The number of ether oxygens (including phenoxy) is 1. The van der Waals surface area contributed by atoms with Crippen molar-refractivity contribution in [3.8, 4) is 0 Å². The zero-order valence-electron chi connectivity index (χ0n) is 15.1. The lowest BCUT2D eigenvalue weighted by molar-refractivity contribution is -0.136. The molecule has 0 saturated carbocycles. The maximum atomic E-state index is 12.7. The summed E-state index contributed by atoms with van der Waals surface area (Å²) < 4.78 is 5.20. The van der Waals surface area contributed by atoms with E-state index in [1.54, 1.807) is 0 Å². The van der Waals surface area contributed by atoms with Gasteiger partial charge in [-0.25, -0.2) is 4.79 Å². The van der Waals surface area contributed by atoms with Gasteiger partial charge in [0.05, 0.1) is 13.2 Å². The molecule has 5 rings (SSSR count). The number of hydrogen-bond acceptors (Lipinski definition) is 4. The lowest BCUT2D eigenvalue weighted by Crippen LogP contribution is -2.67. The van der Waals surface area contributed by atoms with Crippen LogP contribution >= 0.6 is 0 Å². The summed E-state index contributed by atoms with van der Waals surface area (Å²) in [5.41, 5.74) is 3.50. The minimum atomic E-state index is -0.190. The van der Waals surface area contributed by atoms with E-state index in [4.69, 9.17) is 4.74 Å². The van der Waals surface area contributed by atoms with E-state index in [9.17, 15) is 4.79 Å². The van der Waals surface area contributed by atoms with Gasteiger partial charge in [0.2, 0.25) is 0 Å². The summed E-state index contributed by atoms with van der Waals surface area (Å²) >= 11 is 0. The third-order valence-corrected chi connectivity index (χ3v) is 7.16. The van der Waals surface area contributed by atoms with Crippen LogP contribution in [0.15, 0.2) is 36.0 Å². The second-order valence-corrected chi connectivity index (χ2v) is 8.01. The summed E-state index contributed by atoms with van der Waals surface area (Å²) in [5.74, 6) is 0.333. The maximum Gasteiger partial charge on any atom is 0.354 e. The number of esters is 1. The lowest BCUT2D eigenvalue weighted by atomic mass is 9.62. The van der Waals surface area contributed by atoms with E-state index in [2.05, 4.69) is 47.1 Å². The van der Waals surface area contributed by atoms with Gasteiger partial charge in [-0.2, -0.15) is 0 Å². The van der Waals surface area contributed by atoms with Crippen molar-refractivity contribution in [2.75, 3.05) is 25.1 Å². The number of hydrogen-bond donors (Lipinski definition) is 0. The fraction of sp³-hybridized carbons (Fsp3) is 0.571. The molecule has 2 unspecified atom stereocenters. The average molecular weight is 338 g/mol. The van der Waals surface area contributed by atoms with Crippen LogP contribution in [0.25, 0.3) is 0 Å². The summed E-state index contributed by atoms with van der Waals surface area (Å²) in [6, 6.07) is 9.54. The average Bonchev–Trinajstić information content (AvgIpc) is 3.01. The van der Waals surface area contributed by atoms with Crippen molar-refractivity contribution in [3.63, 3.8) is 0 Å². The smallest absolute Gasteiger partial charge is 0.354 e. The van der Waals surface area contributed by atoms with E-state index >= 15 is 0 Å². The van der Waals surface area contributed by atoms with Gasteiger partial charge in [0, 0.05) is 23.1 Å². The standard InChI is InChI=1S/C21H26N2O2/c1-3-21-10-6-11-22-12-9-15-14-7-4-5-8-16(14)23(18(15)19(21)22)17(13-21)20(24)25-2/h4-5,7-8,13,15,18-19H,3,6,9-12H2,1-2H3/t15?,18?,19-,21+/m0/s1. The zero-order valence-corrected chi connectivity index (χ0v) is 15.1. The molecule has 0 spiro atoms. The molecular formula is C21H26N2O2. The first kappa shape index (κ1) is 15.4. The van der Waals surface area contributed by atoms with Crippen molar-refractivity contribution in [2.45, 2.75) is 50.6 Å². The van der Waals surface area contributed by atoms with Crippen LogP contribution in [0.5, 0.6) is 0 Å². The number of methoxy groups -OCH3 is 1. The molecule has 2 fully saturated rings. The minimum absolute atomic E-state index is 0.101. The molecule has 0 bridgehead atoms. The molecule has 0 radical (unpaired) electrons. The number of para-hydroxylation sites is 1. The van der Waals surface area contributed by atoms with E-state index in [0.717, 1.165) is 12.1 Å². The van der Waals surface area contributed by atoms with Gasteiger partial charge in [-0.3, -0.25) is 4.90 Å². The molecule has 0 aromatic heterocycles. The second-order valence-electron chi connectivity index (χ2n) is 8.01.